The molecule has 0 aromatic heterocycles. The van der Waals surface area contributed by atoms with Gasteiger partial charge >= 0.3 is 0 Å². The van der Waals surface area contributed by atoms with Crippen LogP contribution in [0.1, 0.15) is 32.8 Å². The van der Waals surface area contributed by atoms with Crippen molar-refractivity contribution in [1.29, 1.82) is 0 Å². The molecule has 0 aliphatic rings. The van der Waals surface area contributed by atoms with Gasteiger partial charge in [-0.2, -0.15) is 0 Å². The van der Waals surface area contributed by atoms with Gasteiger partial charge in [0.15, 0.2) is 0 Å². The van der Waals surface area contributed by atoms with Crippen molar-refractivity contribution in [2.24, 2.45) is 5.41 Å². The first-order valence-corrected chi connectivity index (χ1v) is 5.48. The van der Waals surface area contributed by atoms with E-state index in [0.717, 1.165) is 5.56 Å². The zero-order chi connectivity index (χ0) is 12.2. The third kappa shape index (κ3) is 3.97. The van der Waals surface area contributed by atoms with Crippen LogP contribution in [0.4, 0.5) is 0 Å². The Morgan fingerprint density at radius 2 is 1.62 bits per heavy atom. The average molecular weight is 218 g/mol. The van der Waals surface area contributed by atoms with Gasteiger partial charge in [-0.15, -0.1) is 0 Å². The van der Waals surface area contributed by atoms with E-state index in [1.165, 1.54) is 0 Å². The predicted molar refractivity (Wildman–Crippen MR) is 64.2 cm³/mol. The molecule has 0 unspecified atom stereocenters. The lowest BCUT2D eigenvalue weighted by Crippen LogP contribution is -2.23. The Hall–Kier alpha value is -1.44. The number of ketones is 2. The summed E-state index contributed by atoms with van der Waals surface area (Å²) in [5.41, 5.74) is 0.543. The third-order valence-corrected chi connectivity index (χ3v) is 2.44. The van der Waals surface area contributed by atoms with Gasteiger partial charge in [-0.1, -0.05) is 51.1 Å². The van der Waals surface area contributed by atoms with E-state index in [9.17, 15) is 9.59 Å². The molecule has 16 heavy (non-hydrogen) atoms. The minimum absolute atomic E-state index is 0.00781. The van der Waals surface area contributed by atoms with E-state index >= 15 is 0 Å². The second-order valence-corrected chi connectivity index (χ2v) is 5.05. The van der Waals surface area contributed by atoms with Crippen LogP contribution in [-0.2, 0) is 16.0 Å². The Labute approximate surface area is 96.7 Å². The summed E-state index contributed by atoms with van der Waals surface area (Å²) in [7, 11) is 0. The summed E-state index contributed by atoms with van der Waals surface area (Å²) in [5.74, 6) is -0.000411. The highest BCUT2D eigenvalue weighted by Gasteiger charge is 2.23. The molecule has 1 aromatic rings. The molecule has 0 bridgehead atoms. The molecule has 0 spiro atoms. The molecule has 0 heterocycles. The standard InChI is InChI=1S/C14H18O2/c1-14(2,3)13(16)10-12(15)9-11-7-5-4-6-8-11/h4-8H,9-10H2,1-3H3. The maximum Gasteiger partial charge on any atom is 0.145 e. The van der Waals surface area contributed by atoms with E-state index in [2.05, 4.69) is 0 Å². The first-order chi connectivity index (χ1) is 7.39. The van der Waals surface area contributed by atoms with Crippen molar-refractivity contribution in [3.8, 4) is 0 Å². The van der Waals surface area contributed by atoms with Crippen molar-refractivity contribution in [2.45, 2.75) is 33.6 Å². The molecule has 0 saturated heterocycles. The average Bonchev–Trinajstić information content (AvgIpc) is 2.17. The Bertz CT molecular complexity index is 371. The van der Waals surface area contributed by atoms with Crippen molar-refractivity contribution in [3.05, 3.63) is 35.9 Å². The van der Waals surface area contributed by atoms with Crippen LogP contribution in [0, 0.1) is 5.41 Å². The highest BCUT2D eigenvalue weighted by atomic mass is 16.1. The van der Waals surface area contributed by atoms with Crippen LogP contribution in [-0.4, -0.2) is 11.6 Å². The highest BCUT2D eigenvalue weighted by molar-refractivity contribution is 6.01. The van der Waals surface area contributed by atoms with E-state index in [4.69, 9.17) is 0 Å². The minimum Gasteiger partial charge on any atom is -0.299 e. The maximum absolute atomic E-state index is 11.6. The Kier molecular flexibility index (Phi) is 3.99. The molecule has 2 nitrogen and oxygen atoms in total. The van der Waals surface area contributed by atoms with Crippen molar-refractivity contribution in [3.63, 3.8) is 0 Å². The number of rotatable bonds is 4. The van der Waals surface area contributed by atoms with E-state index in [-0.39, 0.29) is 18.0 Å². The predicted octanol–water partition coefficient (Wildman–Crippen LogP) is 2.80. The molecule has 0 saturated carbocycles. The smallest absolute Gasteiger partial charge is 0.145 e. The number of carbonyl (C=O) groups excluding carboxylic acids is 2. The molecule has 1 rings (SSSR count). The SMILES string of the molecule is CC(C)(C)C(=O)CC(=O)Cc1ccccc1. The Morgan fingerprint density at radius 3 is 2.12 bits per heavy atom. The summed E-state index contributed by atoms with van der Waals surface area (Å²) < 4.78 is 0. The lowest BCUT2D eigenvalue weighted by atomic mass is 9.87. The number of Topliss-reactive ketones (excluding diaryl/α,β-unsaturated/α-hetero) is 2. The molecular weight excluding hydrogens is 200 g/mol. The van der Waals surface area contributed by atoms with Gasteiger partial charge in [0.05, 0.1) is 6.42 Å². The normalized spacial score (nSPS) is 11.2. The van der Waals surface area contributed by atoms with Crippen LogP contribution in [0.5, 0.6) is 0 Å². The summed E-state index contributed by atoms with van der Waals surface area (Å²) in [6.07, 6.45) is 0.390. The monoisotopic (exact) mass is 218 g/mol. The van der Waals surface area contributed by atoms with E-state index < -0.39 is 5.41 Å². The topological polar surface area (TPSA) is 34.1 Å². The fraction of sp³-hybridized carbons (Fsp3) is 0.429. The number of hydrogen-bond acceptors (Lipinski definition) is 2. The molecule has 0 amide bonds. The van der Waals surface area contributed by atoms with Crippen LogP contribution in [0.25, 0.3) is 0 Å². The second-order valence-electron chi connectivity index (χ2n) is 5.05. The van der Waals surface area contributed by atoms with Crippen LogP contribution < -0.4 is 0 Å². The second kappa shape index (κ2) is 5.06. The van der Waals surface area contributed by atoms with Gasteiger partial charge < -0.3 is 0 Å². The maximum atomic E-state index is 11.6. The fourth-order valence-corrected chi connectivity index (χ4v) is 1.33. The van der Waals surface area contributed by atoms with Crippen molar-refractivity contribution >= 4 is 11.6 Å². The first kappa shape index (κ1) is 12.6. The van der Waals surface area contributed by atoms with Crippen LogP contribution in [0.2, 0.25) is 0 Å². The molecular formula is C14H18O2. The quantitative estimate of drug-likeness (QED) is 0.728. The van der Waals surface area contributed by atoms with E-state index in [0.29, 0.717) is 6.42 Å². The van der Waals surface area contributed by atoms with E-state index in [1.54, 1.807) is 0 Å². The summed E-state index contributed by atoms with van der Waals surface area (Å²) in [6, 6.07) is 9.51. The lowest BCUT2D eigenvalue weighted by Gasteiger charge is -2.15. The summed E-state index contributed by atoms with van der Waals surface area (Å²) in [6.45, 7) is 5.52. The first-order valence-electron chi connectivity index (χ1n) is 5.48. The van der Waals surface area contributed by atoms with Gasteiger partial charge in [0, 0.05) is 11.8 Å². The fourth-order valence-electron chi connectivity index (χ4n) is 1.33. The van der Waals surface area contributed by atoms with Crippen molar-refractivity contribution < 1.29 is 9.59 Å². The van der Waals surface area contributed by atoms with Gasteiger partial charge in [0.25, 0.3) is 0 Å². The van der Waals surface area contributed by atoms with Crippen LogP contribution >= 0.6 is 0 Å². The third-order valence-electron chi connectivity index (χ3n) is 2.44. The molecule has 0 aliphatic heterocycles. The number of carbonyl (C=O) groups is 2. The molecule has 0 radical (unpaired) electrons. The van der Waals surface area contributed by atoms with E-state index in [1.807, 2.05) is 51.1 Å². The van der Waals surface area contributed by atoms with Gasteiger partial charge in [0.1, 0.15) is 11.6 Å². The molecule has 2 heteroatoms. The number of hydrogen-bond donors (Lipinski definition) is 0. The van der Waals surface area contributed by atoms with Crippen LogP contribution in [0.15, 0.2) is 30.3 Å². The van der Waals surface area contributed by atoms with Gasteiger partial charge in [-0.05, 0) is 5.56 Å². The zero-order valence-corrected chi connectivity index (χ0v) is 10.1. The van der Waals surface area contributed by atoms with Gasteiger partial charge in [0.2, 0.25) is 0 Å². The lowest BCUT2D eigenvalue weighted by molar-refractivity contribution is -0.131. The summed E-state index contributed by atoms with van der Waals surface area (Å²) in [4.78, 5) is 23.3. The summed E-state index contributed by atoms with van der Waals surface area (Å²) in [5, 5.41) is 0. The molecule has 0 fully saturated rings. The summed E-state index contributed by atoms with van der Waals surface area (Å²) >= 11 is 0. The van der Waals surface area contributed by atoms with Crippen molar-refractivity contribution in [1.82, 2.24) is 0 Å². The van der Waals surface area contributed by atoms with Gasteiger partial charge in [-0.25, -0.2) is 0 Å². The Morgan fingerprint density at radius 1 is 1.06 bits per heavy atom. The Balaban J connectivity index is 2.52. The molecule has 1 aromatic carbocycles. The molecule has 0 atom stereocenters. The van der Waals surface area contributed by atoms with Gasteiger partial charge in [-0.3, -0.25) is 9.59 Å². The van der Waals surface area contributed by atoms with Crippen LogP contribution in [0.3, 0.4) is 0 Å². The zero-order valence-electron chi connectivity index (χ0n) is 10.1. The van der Waals surface area contributed by atoms with Crippen molar-refractivity contribution in [2.75, 3.05) is 0 Å². The molecule has 0 aliphatic carbocycles. The molecule has 86 valence electrons. The minimum atomic E-state index is -0.424. The molecule has 0 N–H and O–H groups in total. The largest absolute Gasteiger partial charge is 0.299 e. The highest BCUT2D eigenvalue weighted by Crippen LogP contribution is 2.17. The number of benzene rings is 1.